The van der Waals surface area contributed by atoms with Crippen molar-refractivity contribution in [1.29, 1.82) is 0 Å². The van der Waals surface area contributed by atoms with Gasteiger partial charge in [0, 0.05) is 17.1 Å². The molecule has 3 nitrogen and oxygen atoms in total. The van der Waals surface area contributed by atoms with Crippen molar-refractivity contribution in [3.8, 4) is 21.7 Å². The Morgan fingerprint density at radius 2 is 1.67 bits per heavy atom. The Balaban J connectivity index is 1.92. The molecule has 0 N–H and O–H groups in total. The Bertz CT molecular complexity index is 1300. The monoisotopic (exact) mass is 476 g/mol. The molecule has 30 heavy (non-hydrogen) atoms. The highest BCUT2D eigenvalue weighted by molar-refractivity contribution is 9.10. The number of hydrogen-bond donors (Lipinski definition) is 0. The maximum atomic E-state index is 12.8. The van der Waals surface area contributed by atoms with Gasteiger partial charge in [-0.05, 0) is 60.4 Å². The topological polar surface area (TPSA) is 34.4 Å². The molecule has 4 rings (SSSR count). The third kappa shape index (κ3) is 4.09. The molecule has 0 spiro atoms. The second-order valence-electron chi connectivity index (χ2n) is 7.21. The number of thiazole rings is 1. The van der Waals surface area contributed by atoms with Crippen LogP contribution < -0.4 is 4.80 Å². The number of aromatic nitrogens is 1. The second-order valence-corrected chi connectivity index (χ2v) is 9.11. The number of benzene rings is 3. The number of amides is 1. The number of carbonyl (C=O) groups is 1. The van der Waals surface area contributed by atoms with Gasteiger partial charge in [0.2, 0.25) is 0 Å². The van der Waals surface area contributed by atoms with Crippen molar-refractivity contribution in [2.75, 3.05) is 0 Å². The minimum atomic E-state index is -0.251. The lowest BCUT2D eigenvalue weighted by molar-refractivity contribution is 0.0998. The summed E-state index contributed by atoms with van der Waals surface area (Å²) >= 11 is 4.96. The molecule has 3 aromatic carbocycles. The van der Waals surface area contributed by atoms with E-state index >= 15 is 0 Å². The van der Waals surface area contributed by atoms with E-state index in [0.717, 1.165) is 26.2 Å². The molecule has 0 aliphatic rings. The van der Waals surface area contributed by atoms with Crippen molar-refractivity contribution in [2.45, 2.75) is 13.8 Å². The lowest BCUT2D eigenvalue weighted by Gasteiger charge is -2.09. The highest BCUT2D eigenvalue weighted by Gasteiger charge is 2.16. The number of aryl methyl sites for hydroxylation is 2. The van der Waals surface area contributed by atoms with E-state index in [-0.39, 0.29) is 5.91 Å². The highest BCUT2D eigenvalue weighted by Crippen LogP contribution is 2.35. The smallest absolute Gasteiger partial charge is 0.279 e. The molecule has 1 aromatic heterocycles. The number of nitrogens with zero attached hydrogens (tertiary/aromatic N) is 2. The van der Waals surface area contributed by atoms with Gasteiger partial charge in [-0.2, -0.15) is 4.99 Å². The van der Waals surface area contributed by atoms with Crippen LogP contribution in [-0.2, 0) is 7.05 Å². The van der Waals surface area contributed by atoms with Gasteiger partial charge in [-0.15, -0.1) is 0 Å². The average Bonchev–Trinajstić information content (AvgIpc) is 3.07. The highest BCUT2D eigenvalue weighted by atomic mass is 79.9. The van der Waals surface area contributed by atoms with Gasteiger partial charge in [0.1, 0.15) is 0 Å². The van der Waals surface area contributed by atoms with Crippen LogP contribution in [0.5, 0.6) is 0 Å². The zero-order valence-electron chi connectivity index (χ0n) is 17.0. The summed E-state index contributed by atoms with van der Waals surface area (Å²) in [6, 6.07) is 24.0. The Morgan fingerprint density at radius 3 is 2.37 bits per heavy atom. The maximum Gasteiger partial charge on any atom is 0.279 e. The van der Waals surface area contributed by atoms with Crippen LogP contribution in [0.25, 0.3) is 21.7 Å². The molecule has 0 aliphatic heterocycles. The van der Waals surface area contributed by atoms with Crippen molar-refractivity contribution in [2.24, 2.45) is 12.0 Å². The van der Waals surface area contributed by atoms with Gasteiger partial charge in [0.05, 0.1) is 10.6 Å². The zero-order valence-corrected chi connectivity index (χ0v) is 19.4. The normalized spacial score (nSPS) is 11.7. The predicted octanol–water partition coefficient (Wildman–Crippen LogP) is 6.54. The minimum absolute atomic E-state index is 0.251. The van der Waals surface area contributed by atoms with E-state index in [4.69, 9.17) is 0 Å². The molecule has 150 valence electrons. The van der Waals surface area contributed by atoms with Gasteiger partial charge in [0.15, 0.2) is 4.80 Å². The third-order valence-electron chi connectivity index (χ3n) is 5.12. The summed E-state index contributed by atoms with van der Waals surface area (Å²) in [6.07, 6.45) is 0. The first kappa shape index (κ1) is 20.5. The molecule has 0 unspecified atom stereocenters. The van der Waals surface area contributed by atoms with Gasteiger partial charge < -0.3 is 4.57 Å². The summed E-state index contributed by atoms with van der Waals surface area (Å²) in [5.74, 6) is -0.251. The Morgan fingerprint density at radius 1 is 0.900 bits per heavy atom. The first-order valence-electron chi connectivity index (χ1n) is 9.61. The maximum absolute atomic E-state index is 12.8. The van der Waals surface area contributed by atoms with Crippen LogP contribution >= 0.6 is 27.3 Å². The van der Waals surface area contributed by atoms with E-state index in [1.165, 1.54) is 22.5 Å². The summed E-state index contributed by atoms with van der Waals surface area (Å²) in [7, 11) is 1.97. The fourth-order valence-electron chi connectivity index (χ4n) is 3.33. The van der Waals surface area contributed by atoms with Gasteiger partial charge in [-0.3, -0.25) is 4.79 Å². The van der Waals surface area contributed by atoms with Crippen LogP contribution in [-0.4, -0.2) is 10.5 Å². The fraction of sp³-hybridized carbons (Fsp3) is 0.120. The van der Waals surface area contributed by atoms with Crippen molar-refractivity contribution < 1.29 is 4.79 Å². The van der Waals surface area contributed by atoms with E-state index in [2.05, 4.69) is 65.1 Å². The van der Waals surface area contributed by atoms with E-state index in [9.17, 15) is 4.79 Å². The largest absolute Gasteiger partial charge is 0.319 e. The van der Waals surface area contributed by atoms with Crippen molar-refractivity contribution in [1.82, 2.24) is 4.57 Å². The van der Waals surface area contributed by atoms with E-state index in [1.807, 2.05) is 41.9 Å². The van der Waals surface area contributed by atoms with Crippen molar-refractivity contribution in [3.05, 3.63) is 98.8 Å². The summed E-state index contributed by atoms with van der Waals surface area (Å²) in [6.45, 7) is 4.23. The summed E-state index contributed by atoms with van der Waals surface area (Å²) in [4.78, 5) is 19.1. The van der Waals surface area contributed by atoms with Gasteiger partial charge in [0.25, 0.3) is 5.91 Å². The summed E-state index contributed by atoms with van der Waals surface area (Å²) in [5, 5.41) is 0. The molecule has 1 amide bonds. The molecular formula is C25H21BrN2OS. The molecular weight excluding hydrogens is 456 g/mol. The first-order valence-corrected chi connectivity index (χ1v) is 11.2. The molecule has 0 bridgehead atoms. The van der Waals surface area contributed by atoms with Crippen LogP contribution in [0.3, 0.4) is 0 Å². The van der Waals surface area contributed by atoms with Gasteiger partial charge >= 0.3 is 0 Å². The molecule has 1 heterocycles. The average molecular weight is 477 g/mol. The van der Waals surface area contributed by atoms with E-state index in [0.29, 0.717) is 10.4 Å². The SMILES string of the molecule is Cc1ccc(-c2c(-c3ccccc3)sc(=NC(=O)c3cccc(Br)c3)n2C)cc1C. The van der Waals surface area contributed by atoms with E-state index < -0.39 is 0 Å². The first-order chi connectivity index (χ1) is 14.4. The van der Waals surface area contributed by atoms with Crippen LogP contribution in [0.15, 0.2) is 82.3 Å². The Kier molecular flexibility index (Phi) is 5.84. The molecule has 0 atom stereocenters. The molecule has 0 saturated heterocycles. The van der Waals surface area contributed by atoms with Crippen molar-refractivity contribution in [3.63, 3.8) is 0 Å². The molecule has 5 heteroatoms. The van der Waals surface area contributed by atoms with Crippen LogP contribution in [0.4, 0.5) is 0 Å². The fourth-order valence-corrected chi connectivity index (χ4v) is 4.87. The Hall–Kier alpha value is -2.76. The molecule has 0 aliphatic carbocycles. The summed E-state index contributed by atoms with van der Waals surface area (Å²) < 4.78 is 2.88. The molecule has 4 aromatic rings. The lowest BCUT2D eigenvalue weighted by atomic mass is 10.0. The quantitative estimate of drug-likeness (QED) is 0.330. The van der Waals surface area contributed by atoms with Crippen molar-refractivity contribution >= 4 is 33.2 Å². The van der Waals surface area contributed by atoms with Gasteiger partial charge in [-0.25, -0.2) is 0 Å². The number of rotatable bonds is 3. The third-order valence-corrected chi connectivity index (χ3v) is 6.79. The standard InChI is InChI=1S/C25H21BrN2OS/c1-16-12-13-19(14-17(16)2)22-23(18-8-5-4-6-9-18)30-25(28(22)3)27-24(29)20-10-7-11-21(26)15-20/h4-15H,1-3H3. The second kappa shape index (κ2) is 8.54. The number of hydrogen-bond acceptors (Lipinski definition) is 2. The lowest BCUT2D eigenvalue weighted by Crippen LogP contribution is -2.14. The van der Waals surface area contributed by atoms with Crippen LogP contribution in [0, 0.1) is 13.8 Å². The summed E-state index contributed by atoms with van der Waals surface area (Å²) in [5.41, 5.74) is 6.35. The van der Waals surface area contributed by atoms with Gasteiger partial charge in [-0.1, -0.05) is 75.8 Å². The van der Waals surface area contributed by atoms with Crippen LogP contribution in [0.2, 0.25) is 0 Å². The Labute approximate surface area is 188 Å². The minimum Gasteiger partial charge on any atom is -0.319 e. The zero-order chi connectivity index (χ0) is 21.3. The molecule has 0 radical (unpaired) electrons. The van der Waals surface area contributed by atoms with Crippen LogP contribution in [0.1, 0.15) is 21.5 Å². The number of carbonyl (C=O) groups excluding carboxylic acids is 1. The molecule has 0 saturated carbocycles. The molecule has 0 fully saturated rings. The number of halogens is 1. The predicted molar refractivity (Wildman–Crippen MR) is 128 cm³/mol. The van der Waals surface area contributed by atoms with E-state index in [1.54, 1.807) is 12.1 Å².